The Hall–Kier alpha value is -0.680. The quantitative estimate of drug-likeness (QED) is 0.599. The lowest BCUT2D eigenvalue weighted by Gasteiger charge is -2.39. The predicted molar refractivity (Wildman–Crippen MR) is 76.2 cm³/mol. The minimum Gasteiger partial charge on any atom is -0.369 e. The van der Waals surface area contributed by atoms with Crippen molar-refractivity contribution in [3.05, 3.63) is 0 Å². The Morgan fingerprint density at radius 2 is 2.00 bits per heavy atom. The van der Waals surface area contributed by atoms with E-state index < -0.39 is 17.8 Å². The van der Waals surface area contributed by atoms with Crippen molar-refractivity contribution in [2.24, 2.45) is 5.92 Å². The van der Waals surface area contributed by atoms with Crippen molar-refractivity contribution in [2.75, 3.05) is 27.4 Å². The third-order valence-electron chi connectivity index (χ3n) is 4.05. The van der Waals surface area contributed by atoms with E-state index in [1.54, 1.807) is 19.1 Å². The van der Waals surface area contributed by atoms with Crippen molar-refractivity contribution in [3.8, 4) is 12.3 Å². The Labute approximate surface area is 126 Å². The Balaban J connectivity index is 2.26. The minimum atomic E-state index is -1.10. The van der Waals surface area contributed by atoms with Crippen LogP contribution in [0.25, 0.3) is 0 Å². The highest BCUT2D eigenvalue weighted by Gasteiger charge is 2.61. The zero-order valence-corrected chi connectivity index (χ0v) is 13.3. The summed E-state index contributed by atoms with van der Waals surface area (Å²) >= 11 is 0. The van der Waals surface area contributed by atoms with Gasteiger partial charge in [0.2, 0.25) is 12.2 Å². The maximum atomic E-state index is 10.4. The van der Waals surface area contributed by atoms with Crippen molar-refractivity contribution in [3.63, 3.8) is 0 Å². The summed E-state index contributed by atoms with van der Waals surface area (Å²) in [5, 5.41) is 10.4. The summed E-state index contributed by atoms with van der Waals surface area (Å²) in [6, 6.07) is -0.314. The van der Waals surface area contributed by atoms with Crippen molar-refractivity contribution in [2.45, 2.75) is 50.7 Å². The number of rotatable bonds is 4. The maximum Gasteiger partial charge on any atom is 0.217 e. The molecule has 6 heteroatoms. The number of methoxy groups -OCH3 is 2. The Morgan fingerprint density at radius 3 is 2.48 bits per heavy atom. The van der Waals surface area contributed by atoms with Gasteiger partial charge in [-0.2, -0.15) is 0 Å². The third kappa shape index (κ3) is 2.95. The summed E-state index contributed by atoms with van der Waals surface area (Å²) in [6.45, 7) is 6.39. The summed E-state index contributed by atoms with van der Waals surface area (Å²) in [5.74, 6) is 1.64. The van der Waals surface area contributed by atoms with Gasteiger partial charge in [-0.25, -0.2) is 4.90 Å². The molecule has 0 bridgehead atoms. The van der Waals surface area contributed by atoms with Crippen LogP contribution in [-0.4, -0.2) is 67.3 Å². The van der Waals surface area contributed by atoms with Crippen LogP contribution < -0.4 is 0 Å². The van der Waals surface area contributed by atoms with E-state index in [4.69, 9.17) is 25.4 Å². The van der Waals surface area contributed by atoms with E-state index in [1.165, 1.54) is 0 Å². The highest BCUT2D eigenvalue weighted by molar-refractivity contribution is 5.14. The van der Waals surface area contributed by atoms with Crippen molar-refractivity contribution < 1.29 is 24.1 Å². The molecule has 2 aliphatic heterocycles. The molecule has 0 amide bonds. The largest absolute Gasteiger partial charge is 0.369 e. The van der Waals surface area contributed by atoms with Crippen LogP contribution in [0.3, 0.4) is 0 Å². The van der Waals surface area contributed by atoms with Gasteiger partial charge in [-0.3, -0.25) is 0 Å². The number of hydrogen-bond acceptors (Lipinski definition) is 6. The monoisotopic (exact) mass is 299 g/mol. The van der Waals surface area contributed by atoms with Gasteiger partial charge >= 0.3 is 0 Å². The molecule has 1 unspecified atom stereocenters. The molecule has 0 spiro atoms. The summed E-state index contributed by atoms with van der Waals surface area (Å²) in [5.41, 5.74) is -0.481. The van der Waals surface area contributed by atoms with E-state index in [9.17, 15) is 5.11 Å². The fraction of sp³-hybridized carbons (Fsp3) is 0.867. The molecule has 0 saturated carbocycles. The fourth-order valence-corrected chi connectivity index (χ4v) is 3.06. The number of hydrogen-bond donors (Lipinski definition) is 1. The van der Waals surface area contributed by atoms with Gasteiger partial charge < -0.3 is 24.1 Å². The summed E-state index contributed by atoms with van der Waals surface area (Å²) in [6.07, 6.45) is 4.25. The Morgan fingerprint density at radius 1 is 1.38 bits per heavy atom. The number of ether oxygens (including phenoxy) is 4. The van der Waals surface area contributed by atoms with E-state index >= 15 is 0 Å². The van der Waals surface area contributed by atoms with Gasteiger partial charge in [0.15, 0.2) is 0 Å². The number of aliphatic hydroxyl groups excluding tert-OH is 1. The van der Waals surface area contributed by atoms with Crippen LogP contribution in [-0.2, 0) is 18.9 Å². The lowest BCUT2D eigenvalue weighted by Crippen LogP contribution is -2.57. The van der Waals surface area contributed by atoms with Gasteiger partial charge in [-0.1, -0.05) is 5.92 Å². The maximum absolute atomic E-state index is 10.4. The van der Waals surface area contributed by atoms with Gasteiger partial charge in [0.25, 0.3) is 0 Å². The second-order valence-corrected chi connectivity index (χ2v) is 6.47. The molecule has 0 aromatic heterocycles. The second-order valence-electron chi connectivity index (χ2n) is 6.47. The van der Waals surface area contributed by atoms with Crippen LogP contribution in [0.4, 0.5) is 0 Å². The van der Waals surface area contributed by atoms with Crippen LogP contribution in [0.2, 0.25) is 0 Å². The molecule has 0 aliphatic carbocycles. The fourth-order valence-electron chi connectivity index (χ4n) is 3.06. The van der Waals surface area contributed by atoms with Crippen molar-refractivity contribution >= 4 is 0 Å². The Kier molecular flexibility index (Phi) is 4.64. The summed E-state index contributed by atoms with van der Waals surface area (Å²) in [7, 11) is 3.13. The molecule has 4 atom stereocenters. The number of fused-ring (bicyclic) bond motifs is 1. The average Bonchev–Trinajstić information content (AvgIpc) is 2.94. The number of nitrogens with zero attached hydrogens (tertiary/aromatic N) is 1. The van der Waals surface area contributed by atoms with E-state index in [2.05, 4.69) is 5.92 Å². The molecule has 0 radical (unpaired) electrons. The molecule has 120 valence electrons. The molecule has 21 heavy (non-hydrogen) atoms. The van der Waals surface area contributed by atoms with Crippen molar-refractivity contribution in [1.29, 1.82) is 0 Å². The van der Waals surface area contributed by atoms with E-state index in [-0.39, 0.29) is 24.7 Å². The van der Waals surface area contributed by atoms with Gasteiger partial charge in [-0.05, 0) is 20.8 Å². The first kappa shape index (κ1) is 16.7. The van der Waals surface area contributed by atoms with Gasteiger partial charge in [0.05, 0.1) is 23.7 Å². The normalized spacial score (nSPS) is 33.7. The van der Waals surface area contributed by atoms with Crippen LogP contribution in [0.1, 0.15) is 20.8 Å². The smallest absolute Gasteiger partial charge is 0.217 e. The number of aliphatic hydroxyl groups is 1. The molecule has 0 aromatic rings. The number of likely N-dealkylation sites (tertiary alicyclic amines) is 1. The van der Waals surface area contributed by atoms with E-state index in [0.29, 0.717) is 6.54 Å². The van der Waals surface area contributed by atoms with Gasteiger partial charge in [0, 0.05) is 20.8 Å². The topological polar surface area (TPSA) is 60.4 Å². The molecule has 1 N–H and O–H groups in total. The highest BCUT2D eigenvalue weighted by atomic mass is 16.7. The molecular weight excluding hydrogens is 274 g/mol. The zero-order valence-electron chi connectivity index (χ0n) is 13.3. The Bertz CT molecular complexity index is 409. The SMILES string of the molecule is C#C[C@@H]1CN(C(O)OC(C)(C)C)[C@H]2[C@@H]1OCC2(OC)OC. The average molecular weight is 299 g/mol. The molecule has 2 heterocycles. The predicted octanol–water partition coefficient (Wildman–Crippen LogP) is 0.399. The van der Waals surface area contributed by atoms with Crippen LogP contribution in [0.5, 0.6) is 0 Å². The lowest BCUT2D eigenvalue weighted by atomic mass is 9.99. The molecular formula is C15H25NO5. The molecule has 2 saturated heterocycles. The first-order chi connectivity index (χ1) is 9.78. The minimum absolute atomic E-state index is 0.139. The highest BCUT2D eigenvalue weighted by Crippen LogP contribution is 2.42. The molecule has 0 aromatic carbocycles. The summed E-state index contributed by atoms with van der Waals surface area (Å²) in [4.78, 5) is 1.76. The summed E-state index contributed by atoms with van der Waals surface area (Å²) < 4.78 is 22.5. The standard InChI is InChI=1S/C15H25NO5/c1-7-10-8-16(13(17)21-14(2,3)4)12-11(10)20-9-15(12,18-5)19-6/h1,10-13,17H,8-9H2,2-6H3/t10-,11-,12+,13?/m1/s1. The van der Waals surface area contributed by atoms with E-state index in [1.807, 2.05) is 20.8 Å². The first-order valence-electron chi connectivity index (χ1n) is 7.07. The lowest BCUT2D eigenvalue weighted by molar-refractivity contribution is -0.285. The number of terminal acetylenes is 1. The van der Waals surface area contributed by atoms with Crippen molar-refractivity contribution in [1.82, 2.24) is 4.90 Å². The molecule has 2 fully saturated rings. The first-order valence-corrected chi connectivity index (χ1v) is 7.07. The van der Waals surface area contributed by atoms with Gasteiger partial charge in [0.1, 0.15) is 6.61 Å². The zero-order chi connectivity index (χ0) is 15.8. The molecule has 6 nitrogen and oxygen atoms in total. The van der Waals surface area contributed by atoms with Crippen LogP contribution in [0, 0.1) is 18.3 Å². The van der Waals surface area contributed by atoms with Gasteiger partial charge in [-0.15, -0.1) is 6.42 Å². The second kappa shape index (κ2) is 5.84. The van der Waals surface area contributed by atoms with Crippen LogP contribution >= 0.6 is 0 Å². The third-order valence-corrected chi connectivity index (χ3v) is 4.05. The van der Waals surface area contributed by atoms with E-state index in [0.717, 1.165) is 0 Å². The molecule has 2 aliphatic rings. The molecule has 2 rings (SSSR count). The van der Waals surface area contributed by atoms with Crippen LogP contribution in [0.15, 0.2) is 0 Å².